The molecule has 0 aliphatic heterocycles. The summed E-state index contributed by atoms with van der Waals surface area (Å²) in [4.78, 5) is 26.2. The molecule has 1 amide bonds. The van der Waals surface area contributed by atoms with Crippen LogP contribution in [0.2, 0.25) is 0 Å². The molecule has 0 bridgehead atoms. The minimum Gasteiger partial charge on any atom is -0.462 e. The fourth-order valence-electron chi connectivity index (χ4n) is 8.20. The third kappa shape index (κ3) is 46.1. The summed E-state index contributed by atoms with van der Waals surface area (Å²) in [5, 5.41) is 23.8. The highest BCUT2D eigenvalue weighted by Gasteiger charge is 2.24. The summed E-state index contributed by atoms with van der Waals surface area (Å²) in [6.45, 7) is 6.44. The quantitative estimate of drug-likeness (QED) is 0.0245. The van der Waals surface area contributed by atoms with Gasteiger partial charge >= 0.3 is 5.97 Å². The van der Waals surface area contributed by atoms with E-state index in [-0.39, 0.29) is 24.9 Å². The Morgan fingerprint density at radius 3 is 1.31 bits per heavy atom. The predicted molar refractivity (Wildman–Crippen MR) is 278 cm³/mol. The van der Waals surface area contributed by atoms with Gasteiger partial charge in [-0.1, -0.05) is 242 Å². The van der Waals surface area contributed by atoms with Gasteiger partial charge in [0.15, 0.2) is 0 Å². The van der Waals surface area contributed by atoms with Crippen LogP contribution in [0.5, 0.6) is 0 Å². The van der Waals surface area contributed by atoms with E-state index in [1.165, 1.54) is 154 Å². The van der Waals surface area contributed by atoms with Crippen LogP contribution >= 0.6 is 0 Å². The predicted octanol–water partition coefficient (Wildman–Crippen LogP) is 16.8. The minimum atomic E-state index is -0.801. The van der Waals surface area contributed by atoms with Crippen molar-refractivity contribution in [1.82, 2.24) is 5.32 Å². The Morgan fingerprint density at radius 1 is 0.453 bits per heavy atom. The zero-order valence-corrected chi connectivity index (χ0v) is 42.4. The average Bonchev–Trinajstić information content (AvgIpc) is 3.29. The Kier molecular flexibility index (Phi) is 49.6. The number of nitrogens with one attached hydrogen (secondary N) is 1. The van der Waals surface area contributed by atoms with Gasteiger partial charge in [0.1, 0.15) is 6.10 Å². The summed E-state index contributed by atoms with van der Waals surface area (Å²) in [7, 11) is 0. The molecule has 0 rings (SSSR count). The zero-order valence-electron chi connectivity index (χ0n) is 42.4. The summed E-state index contributed by atoms with van der Waals surface area (Å²) >= 11 is 0. The van der Waals surface area contributed by atoms with Crippen molar-refractivity contribution in [2.45, 2.75) is 289 Å². The summed E-state index contributed by atoms with van der Waals surface area (Å²) < 4.78 is 5.93. The van der Waals surface area contributed by atoms with Crippen LogP contribution in [-0.4, -0.2) is 46.9 Å². The topological polar surface area (TPSA) is 95.9 Å². The molecule has 0 aromatic heterocycles. The Hall–Kier alpha value is -2.44. The van der Waals surface area contributed by atoms with Crippen LogP contribution in [-0.2, 0) is 14.3 Å². The van der Waals surface area contributed by atoms with Crippen molar-refractivity contribution in [3.05, 3.63) is 60.8 Å². The lowest BCUT2D eigenvalue weighted by atomic mass is 10.0. The van der Waals surface area contributed by atoms with Gasteiger partial charge < -0.3 is 20.3 Å². The molecule has 0 aromatic carbocycles. The van der Waals surface area contributed by atoms with E-state index in [2.05, 4.69) is 86.8 Å². The maximum atomic E-state index is 13.2. The molecule has 3 N–H and O–H groups in total. The van der Waals surface area contributed by atoms with Gasteiger partial charge in [-0.15, -0.1) is 0 Å². The summed E-state index contributed by atoms with van der Waals surface area (Å²) in [5.74, 6) is -0.512. The van der Waals surface area contributed by atoms with Gasteiger partial charge in [0.2, 0.25) is 5.91 Å². The molecule has 0 aliphatic rings. The van der Waals surface area contributed by atoms with E-state index in [9.17, 15) is 19.8 Å². The molecule has 372 valence electrons. The molecule has 0 heterocycles. The number of ether oxygens (including phenoxy) is 1. The minimum absolute atomic E-state index is 0.0496. The Morgan fingerprint density at radius 2 is 0.812 bits per heavy atom. The smallest absolute Gasteiger partial charge is 0.306 e. The van der Waals surface area contributed by atoms with E-state index in [1.54, 1.807) is 0 Å². The number of allylic oxidation sites excluding steroid dienone is 10. The fraction of sp³-hybridized carbons (Fsp3) is 0.793. The van der Waals surface area contributed by atoms with Gasteiger partial charge in [-0.25, -0.2) is 0 Å². The third-order valence-electron chi connectivity index (χ3n) is 12.4. The average molecular weight is 896 g/mol. The second-order valence-corrected chi connectivity index (χ2v) is 18.7. The second-order valence-electron chi connectivity index (χ2n) is 18.7. The number of hydrogen-bond acceptors (Lipinski definition) is 5. The lowest BCUT2D eigenvalue weighted by Gasteiger charge is -2.24. The second kappa shape index (κ2) is 51.5. The molecule has 0 spiro atoms. The van der Waals surface area contributed by atoms with Crippen LogP contribution in [0.25, 0.3) is 0 Å². The van der Waals surface area contributed by atoms with Gasteiger partial charge in [-0.3, -0.25) is 9.59 Å². The fourth-order valence-corrected chi connectivity index (χ4v) is 8.20. The largest absolute Gasteiger partial charge is 0.462 e. The monoisotopic (exact) mass is 896 g/mol. The first-order valence-electron chi connectivity index (χ1n) is 27.6. The first-order valence-corrected chi connectivity index (χ1v) is 27.6. The van der Waals surface area contributed by atoms with Gasteiger partial charge in [0, 0.05) is 6.42 Å². The van der Waals surface area contributed by atoms with Gasteiger partial charge in [-0.2, -0.15) is 0 Å². The molecule has 64 heavy (non-hydrogen) atoms. The number of unbranched alkanes of at least 4 members (excludes halogenated alkanes) is 30. The number of aliphatic hydroxyl groups excluding tert-OH is 2. The van der Waals surface area contributed by atoms with E-state index in [1.807, 2.05) is 0 Å². The standard InChI is InChI=1S/C58H105NO5/c1-4-7-10-13-16-19-22-25-28-30-31-34-37-40-43-46-49-54(64-58(63)51-48-45-42-39-36-33-29-26-23-20-17-14-11-8-5-2)52-57(62)59-55(53-60)56(61)50-47-44-41-38-35-32-27-24-21-18-15-12-9-6-3/h16,19-20,22-23,25,28,30-31,34,54-56,60-61H,4-15,17-18,21,24,26-27,29,32-33,35-53H2,1-3H3,(H,59,62)/b19-16+,23-20-,25-22+,30-28+,34-31+. The number of carbonyl (C=O) groups excluding carboxylic acids is 2. The molecule has 0 saturated heterocycles. The van der Waals surface area contributed by atoms with E-state index in [0.717, 1.165) is 70.6 Å². The van der Waals surface area contributed by atoms with E-state index in [4.69, 9.17) is 4.74 Å². The molecule has 3 atom stereocenters. The van der Waals surface area contributed by atoms with Gasteiger partial charge in [-0.05, 0) is 77.0 Å². The first kappa shape index (κ1) is 61.6. The van der Waals surface area contributed by atoms with E-state index >= 15 is 0 Å². The van der Waals surface area contributed by atoms with Crippen molar-refractivity contribution in [3.8, 4) is 0 Å². The Labute approximate surface area is 397 Å². The lowest BCUT2D eigenvalue weighted by molar-refractivity contribution is -0.151. The van der Waals surface area contributed by atoms with Crippen LogP contribution in [0, 0.1) is 0 Å². The van der Waals surface area contributed by atoms with Gasteiger partial charge in [0.25, 0.3) is 0 Å². The molecular formula is C58H105NO5. The molecule has 6 heteroatoms. The van der Waals surface area contributed by atoms with Gasteiger partial charge in [0.05, 0.1) is 25.2 Å². The molecule has 6 nitrogen and oxygen atoms in total. The van der Waals surface area contributed by atoms with Crippen molar-refractivity contribution in [3.63, 3.8) is 0 Å². The summed E-state index contributed by atoms with van der Waals surface area (Å²) in [6, 6.07) is -0.717. The number of rotatable bonds is 49. The van der Waals surface area contributed by atoms with Crippen molar-refractivity contribution in [2.75, 3.05) is 6.61 Å². The molecule has 0 radical (unpaired) electrons. The molecule has 3 unspecified atom stereocenters. The maximum Gasteiger partial charge on any atom is 0.306 e. The summed E-state index contributed by atoms with van der Waals surface area (Å²) in [6.07, 6.45) is 64.2. The van der Waals surface area contributed by atoms with E-state index in [0.29, 0.717) is 19.3 Å². The highest BCUT2D eigenvalue weighted by molar-refractivity contribution is 5.77. The molecule has 0 fully saturated rings. The van der Waals surface area contributed by atoms with Crippen LogP contribution < -0.4 is 5.32 Å². The SMILES string of the molecule is CCCCC/C=C/C=C/C=C/C=C/CCCCCC(CC(=O)NC(CO)C(O)CCCCCCCCCCCCCCCC)OC(=O)CCCCCCCCC/C=C\CCCCCC. The zero-order chi connectivity index (χ0) is 46.7. The molecule has 0 aromatic rings. The highest BCUT2D eigenvalue weighted by Crippen LogP contribution is 2.18. The lowest BCUT2D eigenvalue weighted by Crippen LogP contribution is -2.46. The van der Waals surface area contributed by atoms with Crippen molar-refractivity contribution in [2.24, 2.45) is 0 Å². The highest BCUT2D eigenvalue weighted by atomic mass is 16.5. The number of amides is 1. The normalized spacial score (nSPS) is 13.6. The van der Waals surface area contributed by atoms with Crippen LogP contribution in [0.3, 0.4) is 0 Å². The third-order valence-corrected chi connectivity index (χ3v) is 12.4. The molecular weight excluding hydrogens is 791 g/mol. The maximum absolute atomic E-state index is 13.2. The van der Waals surface area contributed by atoms with Crippen LogP contribution in [0.15, 0.2) is 60.8 Å². The van der Waals surface area contributed by atoms with Crippen molar-refractivity contribution >= 4 is 11.9 Å². The molecule has 0 aliphatic carbocycles. The number of aliphatic hydroxyl groups is 2. The Balaban J connectivity index is 4.66. The number of esters is 1. The first-order chi connectivity index (χ1) is 31.5. The van der Waals surface area contributed by atoms with E-state index < -0.39 is 18.2 Å². The van der Waals surface area contributed by atoms with Crippen LogP contribution in [0.4, 0.5) is 0 Å². The van der Waals surface area contributed by atoms with Crippen molar-refractivity contribution in [1.29, 1.82) is 0 Å². The van der Waals surface area contributed by atoms with Crippen LogP contribution in [0.1, 0.15) is 271 Å². The summed E-state index contributed by atoms with van der Waals surface area (Å²) in [5.41, 5.74) is 0. The number of carbonyl (C=O) groups is 2. The Bertz CT molecular complexity index is 1140. The molecule has 0 saturated carbocycles. The number of hydrogen-bond donors (Lipinski definition) is 3. The van der Waals surface area contributed by atoms with Crippen molar-refractivity contribution < 1.29 is 24.5 Å².